The number of hydrogen-bond donors (Lipinski definition) is 0. The van der Waals surface area contributed by atoms with Gasteiger partial charge in [-0.2, -0.15) is 4.98 Å². The van der Waals surface area contributed by atoms with E-state index < -0.39 is 0 Å². The lowest BCUT2D eigenvalue weighted by molar-refractivity contribution is 0.0668. The van der Waals surface area contributed by atoms with Crippen LogP contribution >= 0.6 is 0 Å². The van der Waals surface area contributed by atoms with Crippen molar-refractivity contribution in [3.63, 3.8) is 0 Å². The largest absolute Gasteiger partial charge is 0.339 e. The molecule has 2 aliphatic rings. The number of aromatic nitrogens is 6. The molecule has 2 aromatic heterocycles. The standard InChI is InChI=1S/C19H21N7O2/c27-19(15-4-1-5-16(10-15)26-12-20-23-24-26)25-8-2-3-13(11-25)9-17-21-18(22-28-17)14-6-7-14/h1,4-5,10,12-14H,2-3,6-9,11H2. The van der Waals surface area contributed by atoms with Crippen molar-refractivity contribution in [1.29, 1.82) is 0 Å². The molecule has 1 aromatic carbocycles. The van der Waals surface area contributed by atoms with Gasteiger partial charge in [-0.1, -0.05) is 11.2 Å². The van der Waals surface area contributed by atoms with E-state index in [1.165, 1.54) is 6.33 Å². The van der Waals surface area contributed by atoms with Gasteiger partial charge in [0.2, 0.25) is 5.89 Å². The predicted octanol–water partition coefficient (Wildman–Crippen LogP) is 2.02. The number of carbonyl (C=O) groups excluding carboxylic acids is 1. The number of likely N-dealkylation sites (tertiary alicyclic amines) is 1. The fraction of sp³-hybridized carbons (Fsp3) is 0.474. The second kappa shape index (κ2) is 7.14. The Bertz CT molecular complexity index is 964. The number of piperidine rings is 1. The summed E-state index contributed by atoms with van der Waals surface area (Å²) in [4.78, 5) is 19.5. The molecule has 3 aromatic rings. The average molecular weight is 379 g/mol. The Balaban J connectivity index is 1.26. The Hall–Kier alpha value is -3.10. The van der Waals surface area contributed by atoms with E-state index in [1.54, 1.807) is 4.68 Å². The third-order valence-electron chi connectivity index (χ3n) is 5.40. The molecule has 3 heterocycles. The summed E-state index contributed by atoms with van der Waals surface area (Å²) < 4.78 is 6.96. The topological polar surface area (TPSA) is 103 Å². The normalized spacial score (nSPS) is 19.7. The number of tetrazole rings is 1. The van der Waals surface area contributed by atoms with Gasteiger partial charge in [0.1, 0.15) is 6.33 Å². The number of carbonyl (C=O) groups is 1. The highest BCUT2D eigenvalue weighted by atomic mass is 16.5. The number of amides is 1. The van der Waals surface area contributed by atoms with Crippen LogP contribution in [0.4, 0.5) is 0 Å². The molecule has 0 spiro atoms. The van der Waals surface area contributed by atoms with E-state index in [4.69, 9.17) is 4.52 Å². The van der Waals surface area contributed by atoms with Gasteiger partial charge in [-0.15, -0.1) is 5.10 Å². The molecule has 1 saturated carbocycles. The third-order valence-corrected chi connectivity index (χ3v) is 5.40. The van der Waals surface area contributed by atoms with Crippen molar-refractivity contribution in [2.45, 2.75) is 38.0 Å². The van der Waals surface area contributed by atoms with Gasteiger partial charge in [-0.05, 0) is 60.2 Å². The molecule has 2 fully saturated rings. The number of rotatable bonds is 5. The second-order valence-corrected chi connectivity index (χ2v) is 7.59. The zero-order valence-electron chi connectivity index (χ0n) is 15.4. The van der Waals surface area contributed by atoms with Gasteiger partial charge in [0, 0.05) is 31.0 Å². The fourth-order valence-corrected chi connectivity index (χ4v) is 3.77. The highest BCUT2D eigenvalue weighted by Gasteiger charge is 2.30. The minimum atomic E-state index is 0.0313. The molecular weight excluding hydrogens is 358 g/mol. The fourth-order valence-electron chi connectivity index (χ4n) is 3.77. The summed E-state index contributed by atoms with van der Waals surface area (Å²) in [5.41, 5.74) is 1.41. The molecule has 0 bridgehead atoms. The number of hydrogen-bond acceptors (Lipinski definition) is 7. The molecule has 0 radical (unpaired) electrons. The minimum absolute atomic E-state index is 0.0313. The van der Waals surface area contributed by atoms with Gasteiger partial charge in [-0.25, -0.2) is 4.68 Å². The molecule has 28 heavy (non-hydrogen) atoms. The van der Waals surface area contributed by atoms with Crippen molar-refractivity contribution in [3.05, 3.63) is 47.9 Å². The molecule has 1 atom stereocenters. The maximum Gasteiger partial charge on any atom is 0.253 e. The molecule has 1 unspecified atom stereocenters. The van der Waals surface area contributed by atoms with Crippen LogP contribution in [0.5, 0.6) is 0 Å². The number of nitrogens with zero attached hydrogens (tertiary/aromatic N) is 7. The van der Waals surface area contributed by atoms with E-state index in [-0.39, 0.29) is 5.91 Å². The minimum Gasteiger partial charge on any atom is -0.339 e. The summed E-state index contributed by atoms with van der Waals surface area (Å²) in [6.07, 6.45) is 6.61. The first-order valence-corrected chi connectivity index (χ1v) is 9.71. The summed E-state index contributed by atoms with van der Waals surface area (Å²) in [5.74, 6) is 2.41. The van der Waals surface area contributed by atoms with Crippen LogP contribution in [0, 0.1) is 5.92 Å². The molecule has 1 amide bonds. The van der Waals surface area contributed by atoms with Crippen LogP contribution < -0.4 is 0 Å². The summed E-state index contributed by atoms with van der Waals surface area (Å²) >= 11 is 0. The van der Waals surface area contributed by atoms with Gasteiger partial charge >= 0.3 is 0 Å². The van der Waals surface area contributed by atoms with Crippen LogP contribution in [-0.4, -0.2) is 54.2 Å². The van der Waals surface area contributed by atoms with Crippen LogP contribution in [0.1, 0.15) is 53.7 Å². The second-order valence-electron chi connectivity index (χ2n) is 7.59. The van der Waals surface area contributed by atoms with E-state index in [0.717, 1.165) is 50.2 Å². The molecular formula is C19H21N7O2. The van der Waals surface area contributed by atoms with Crippen molar-refractivity contribution < 1.29 is 9.32 Å². The average Bonchev–Trinajstić information content (AvgIpc) is 3.23. The molecule has 1 saturated heterocycles. The zero-order chi connectivity index (χ0) is 18.9. The molecule has 5 rings (SSSR count). The van der Waals surface area contributed by atoms with Gasteiger partial charge in [0.05, 0.1) is 5.69 Å². The lowest BCUT2D eigenvalue weighted by atomic mass is 9.94. The highest BCUT2D eigenvalue weighted by molar-refractivity contribution is 5.94. The third kappa shape index (κ3) is 3.51. The maximum atomic E-state index is 13.0. The van der Waals surface area contributed by atoms with Crippen LogP contribution in [0.15, 0.2) is 35.1 Å². The van der Waals surface area contributed by atoms with Crippen LogP contribution in [0.2, 0.25) is 0 Å². The lowest BCUT2D eigenvalue weighted by Crippen LogP contribution is -2.40. The van der Waals surface area contributed by atoms with Gasteiger partial charge in [0.25, 0.3) is 5.91 Å². The Morgan fingerprint density at radius 1 is 1.25 bits per heavy atom. The summed E-state index contributed by atoms with van der Waals surface area (Å²) in [6, 6.07) is 7.38. The predicted molar refractivity (Wildman–Crippen MR) is 97.8 cm³/mol. The molecule has 144 valence electrons. The first-order chi connectivity index (χ1) is 13.8. The Labute approximate surface area is 161 Å². The highest BCUT2D eigenvalue weighted by Crippen LogP contribution is 2.38. The van der Waals surface area contributed by atoms with E-state index in [9.17, 15) is 4.79 Å². The summed E-state index contributed by atoms with van der Waals surface area (Å²) in [6.45, 7) is 1.47. The maximum absolute atomic E-state index is 13.0. The monoisotopic (exact) mass is 379 g/mol. The van der Waals surface area contributed by atoms with Crippen LogP contribution in [-0.2, 0) is 6.42 Å². The molecule has 9 heteroatoms. The van der Waals surface area contributed by atoms with Crippen molar-refractivity contribution in [2.75, 3.05) is 13.1 Å². The number of benzene rings is 1. The van der Waals surface area contributed by atoms with E-state index in [1.807, 2.05) is 29.2 Å². The first kappa shape index (κ1) is 17.0. The Morgan fingerprint density at radius 2 is 2.18 bits per heavy atom. The van der Waals surface area contributed by atoms with Gasteiger partial charge < -0.3 is 9.42 Å². The van der Waals surface area contributed by atoms with Crippen molar-refractivity contribution in [3.8, 4) is 5.69 Å². The lowest BCUT2D eigenvalue weighted by Gasteiger charge is -2.32. The summed E-state index contributed by atoms with van der Waals surface area (Å²) in [5, 5.41) is 15.3. The smallest absolute Gasteiger partial charge is 0.253 e. The van der Waals surface area contributed by atoms with Gasteiger partial charge in [0.15, 0.2) is 5.82 Å². The van der Waals surface area contributed by atoms with Crippen LogP contribution in [0.25, 0.3) is 5.69 Å². The van der Waals surface area contributed by atoms with E-state index in [2.05, 4.69) is 25.7 Å². The van der Waals surface area contributed by atoms with E-state index >= 15 is 0 Å². The Kier molecular flexibility index (Phi) is 4.34. The molecule has 0 N–H and O–H groups in total. The SMILES string of the molecule is O=C(c1cccc(-n2cnnn2)c1)N1CCCC(Cc2nc(C3CC3)no2)C1. The quantitative estimate of drug-likeness (QED) is 0.668. The Morgan fingerprint density at radius 3 is 3.00 bits per heavy atom. The molecule has 1 aliphatic heterocycles. The van der Waals surface area contributed by atoms with Crippen molar-refractivity contribution in [2.24, 2.45) is 5.92 Å². The summed E-state index contributed by atoms with van der Waals surface area (Å²) in [7, 11) is 0. The molecule has 9 nitrogen and oxygen atoms in total. The molecule has 1 aliphatic carbocycles. The zero-order valence-corrected chi connectivity index (χ0v) is 15.4. The first-order valence-electron chi connectivity index (χ1n) is 9.71. The van der Waals surface area contributed by atoms with E-state index in [0.29, 0.717) is 29.8 Å². The van der Waals surface area contributed by atoms with Crippen LogP contribution in [0.3, 0.4) is 0 Å². The van der Waals surface area contributed by atoms with Crippen molar-refractivity contribution >= 4 is 5.91 Å². The van der Waals surface area contributed by atoms with Gasteiger partial charge in [-0.3, -0.25) is 4.79 Å². The van der Waals surface area contributed by atoms with Crippen molar-refractivity contribution in [1.82, 2.24) is 35.2 Å².